The molecule has 28 heavy (non-hydrogen) atoms. The Kier molecular flexibility index (Phi) is 5.87. The van der Waals surface area contributed by atoms with E-state index in [2.05, 4.69) is 5.32 Å². The lowest BCUT2D eigenvalue weighted by Gasteiger charge is -2.14. The maximum absolute atomic E-state index is 12.6. The van der Waals surface area contributed by atoms with Gasteiger partial charge in [0, 0.05) is 5.56 Å². The summed E-state index contributed by atoms with van der Waals surface area (Å²) in [7, 11) is 0. The predicted octanol–water partition coefficient (Wildman–Crippen LogP) is 4.78. The van der Waals surface area contributed by atoms with Crippen LogP contribution in [0.3, 0.4) is 0 Å². The van der Waals surface area contributed by atoms with Crippen molar-refractivity contribution in [1.29, 1.82) is 5.26 Å². The number of hydrogen-bond acceptors (Lipinski definition) is 5. The summed E-state index contributed by atoms with van der Waals surface area (Å²) in [5.41, 5.74) is 3.55. The highest BCUT2D eigenvalue weighted by atomic mass is 32.1. The molecule has 0 bridgehead atoms. The van der Waals surface area contributed by atoms with Crippen LogP contribution in [0.5, 0.6) is 0 Å². The Morgan fingerprint density at radius 3 is 2.54 bits per heavy atom. The van der Waals surface area contributed by atoms with Crippen molar-refractivity contribution in [2.75, 3.05) is 5.32 Å². The zero-order valence-electron chi connectivity index (χ0n) is 15.4. The van der Waals surface area contributed by atoms with Gasteiger partial charge in [0.2, 0.25) is 0 Å². The number of hydrogen-bond donors (Lipinski definition) is 1. The van der Waals surface area contributed by atoms with Crippen LogP contribution in [-0.4, -0.2) is 18.0 Å². The van der Waals surface area contributed by atoms with Gasteiger partial charge in [-0.15, -0.1) is 11.3 Å². The third kappa shape index (κ3) is 4.27. The van der Waals surface area contributed by atoms with Crippen LogP contribution in [0.15, 0.2) is 60.0 Å². The smallest absolute Gasteiger partial charge is 0.349 e. The van der Waals surface area contributed by atoms with E-state index in [1.54, 1.807) is 24.3 Å². The summed E-state index contributed by atoms with van der Waals surface area (Å²) >= 11 is 1.27. The number of nitrogens with one attached hydrogen (secondary N) is 1. The maximum Gasteiger partial charge on any atom is 0.349 e. The first-order valence-corrected chi connectivity index (χ1v) is 9.53. The van der Waals surface area contributed by atoms with Crippen molar-refractivity contribution in [3.63, 3.8) is 0 Å². The molecule has 1 N–H and O–H groups in total. The number of amides is 1. The highest BCUT2D eigenvalue weighted by Gasteiger charge is 2.23. The van der Waals surface area contributed by atoms with Gasteiger partial charge in [-0.2, -0.15) is 5.26 Å². The maximum atomic E-state index is 12.6. The summed E-state index contributed by atoms with van der Waals surface area (Å²) in [5, 5.41) is 13.6. The average Bonchev–Trinajstić information content (AvgIpc) is 3.19. The Hall–Kier alpha value is -3.43. The van der Waals surface area contributed by atoms with Gasteiger partial charge in [0.25, 0.3) is 5.91 Å². The van der Waals surface area contributed by atoms with E-state index in [-0.39, 0.29) is 0 Å². The van der Waals surface area contributed by atoms with Crippen molar-refractivity contribution in [3.05, 3.63) is 76.0 Å². The van der Waals surface area contributed by atoms with Crippen molar-refractivity contribution in [2.45, 2.75) is 20.0 Å². The Balaban J connectivity index is 1.71. The van der Waals surface area contributed by atoms with Crippen LogP contribution in [0.25, 0.3) is 11.1 Å². The highest BCUT2D eigenvalue weighted by Crippen LogP contribution is 2.29. The molecule has 0 spiro atoms. The van der Waals surface area contributed by atoms with Gasteiger partial charge in [-0.1, -0.05) is 42.0 Å². The van der Waals surface area contributed by atoms with E-state index in [9.17, 15) is 9.59 Å². The van der Waals surface area contributed by atoms with Crippen molar-refractivity contribution in [2.24, 2.45) is 0 Å². The highest BCUT2D eigenvalue weighted by molar-refractivity contribution is 7.12. The molecular weight excluding hydrogens is 372 g/mol. The minimum atomic E-state index is -1.01. The number of thiophene rings is 1. The summed E-state index contributed by atoms with van der Waals surface area (Å²) in [4.78, 5) is 25.4. The summed E-state index contributed by atoms with van der Waals surface area (Å²) in [6.07, 6.45) is -1.01. The molecule has 0 unspecified atom stereocenters. The second kappa shape index (κ2) is 8.51. The molecule has 3 aromatic rings. The first-order chi connectivity index (χ1) is 13.5. The number of para-hydroxylation sites is 1. The average molecular weight is 390 g/mol. The molecule has 1 heterocycles. The van der Waals surface area contributed by atoms with Gasteiger partial charge in [-0.25, -0.2) is 4.79 Å². The number of benzene rings is 2. The van der Waals surface area contributed by atoms with Crippen LogP contribution < -0.4 is 5.32 Å². The number of anilines is 1. The Morgan fingerprint density at radius 2 is 1.82 bits per heavy atom. The largest absolute Gasteiger partial charge is 0.448 e. The quantitative estimate of drug-likeness (QED) is 0.636. The van der Waals surface area contributed by atoms with Gasteiger partial charge < -0.3 is 10.1 Å². The van der Waals surface area contributed by atoms with E-state index in [1.165, 1.54) is 18.3 Å². The summed E-state index contributed by atoms with van der Waals surface area (Å²) in [6.45, 7) is 3.50. The van der Waals surface area contributed by atoms with Crippen molar-refractivity contribution in [1.82, 2.24) is 0 Å². The van der Waals surface area contributed by atoms with E-state index >= 15 is 0 Å². The van der Waals surface area contributed by atoms with Crippen LogP contribution in [0.4, 0.5) is 5.69 Å². The lowest BCUT2D eigenvalue weighted by molar-refractivity contribution is -0.123. The third-order valence-corrected chi connectivity index (χ3v) is 5.07. The van der Waals surface area contributed by atoms with Gasteiger partial charge in [0.1, 0.15) is 10.9 Å². The molecule has 0 fully saturated rings. The summed E-state index contributed by atoms with van der Waals surface area (Å²) < 4.78 is 5.36. The topological polar surface area (TPSA) is 79.2 Å². The molecule has 1 atom stereocenters. The van der Waals surface area contributed by atoms with Gasteiger partial charge in [-0.05, 0) is 43.0 Å². The van der Waals surface area contributed by atoms with E-state index in [0.29, 0.717) is 16.1 Å². The predicted molar refractivity (Wildman–Crippen MR) is 109 cm³/mol. The van der Waals surface area contributed by atoms with E-state index in [1.807, 2.05) is 48.7 Å². The molecule has 0 saturated carbocycles. The summed E-state index contributed by atoms with van der Waals surface area (Å²) in [6, 6.07) is 18.4. The number of aryl methyl sites for hydroxylation is 1. The molecule has 140 valence electrons. The molecular formula is C22H18N2O3S. The van der Waals surface area contributed by atoms with Crippen LogP contribution in [0, 0.1) is 18.3 Å². The zero-order chi connectivity index (χ0) is 20.1. The minimum absolute atomic E-state index is 0.342. The second-order valence-electron chi connectivity index (χ2n) is 6.22. The van der Waals surface area contributed by atoms with Crippen LogP contribution in [0.2, 0.25) is 0 Å². The molecule has 1 aromatic heterocycles. The lowest BCUT2D eigenvalue weighted by atomic mass is 10.1. The Morgan fingerprint density at radius 1 is 1.11 bits per heavy atom. The fraction of sp³-hybridized carbons (Fsp3) is 0.136. The van der Waals surface area contributed by atoms with Crippen LogP contribution in [-0.2, 0) is 9.53 Å². The fourth-order valence-electron chi connectivity index (χ4n) is 2.62. The van der Waals surface area contributed by atoms with Gasteiger partial charge >= 0.3 is 5.97 Å². The number of ether oxygens (including phenoxy) is 1. The SMILES string of the molecule is Cc1ccc(-c2ccsc2C(=O)O[C@@H](C)C(=O)Nc2ccccc2C#N)cc1. The molecule has 1 amide bonds. The fourth-order valence-corrected chi connectivity index (χ4v) is 3.42. The normalized spacial score (nSPS) is 11.3. The van der Waals surface area contributed by atoms with E-state index < -0.39 is 18.0 Å². The first-order valence-electron chi connectivity index (χ1n) is 8.65. The summed E-state index contributed by atoms with van der Waals surface area (Å²) in [5.74, 6) is -1.05. The Labute approximate surface area is 167 Å². The van der Waals surface area contributed by atoms with Gasteiger partial charge in [0.05, 0.1) is 11.3 Å². The second-order valence-corrected chi connectivity index (χ2v) is 7.14. The monoisotopic (exact) mass is 390 g/mol. The lowest BCUT2D eigenvalue weighted by Crippen LogP contribution is -2.30. The molecule has 0 aliphatic rings. The number of rotatable bonds is 5. The molecule has 0 saturated heterocycles. The van der Waals surface area contributed by atoms with E-state index in [0.717, 1.165) is 16.7 Å². The number of nitrogens with zero attached hydrogens (tertiary/aromatic N) is 1. The van der Waals surface area contributed by atoms with Crippen molar-refractivity contribution in [3.8, 4) is 17.2 Å². The molecule has 5 nitrogen and oxygen atoms in total. The minimum Gasteiger partial charge on any atom is -0.448 e. The molecule has 2 aromatic carbocycles. The number of carbonyl (C=O) groups excluding carboxylic acids is 2. The van der Waals surface area contributed by atoms with Crippen LogP contribution in [0.1, 0.15) is 27.7 Å². The standard InChI is InChI=1S/C22H18N2O3S/c1-14-7-9-16(10-8-14)18-11-12-28-20(18)22(26)27-15(2)21(25)24-19-6-4-3-5-17(19)13-23/h3-12,15H,1-2H3,(H,24,25)/t15-/m0/s1. The van der Waals surface area contributed by atoms with Gasteiger partial charge in [0.15, 0.2) is 6.10 Å². The molecule has 6 heteroatoms. The molecule has 0 aliphatic carbocycles. The van der Waals surface area contributed by atoms with Crippen LogP contribution >= 0.6 is 11.3 Å². The Bertz CT molecular complexity index is 1050. The van der Waals surface area contributed by atoms with Crippen molar-refractivity contribution >= 4 is 28.9 Å². The van der Waals surface area contributed by atoms with Crippen molar-refractivity contribution < 1.29 is 14.3 Å². The molecule has 3 rings (SSSR count). The first kappa shape index (κ1) is 19.3. The number of carbonyl (C=O) groups is 2. The van der Waals surface area contributed by atoms with E-state index in [4.69, 9.17) is 10.00 Å². The van der Waals surface area contributed by atoms with Gasteiger partial charge in [-0.3, -0.25) is 4.79 Å². The molecule has 0 radical (unpaired) electrons. The number of nitriles is 1. The third-order valence-electron chi connectivity index (χ3n) is 4.17. The zero-order valence-corrected chi connectivity index (χ0v) is 16.2. The molecule has 0 aliphatic heterocycles. The number of esters is 1.